The van der Waals surface area contributed by atoms with Crippen LogP contribution in [0, 0.1) is 5.82 Å². The Morgan fingerprint density at radius 1 is 1.44 bits per heavy atom. The van der Waals surface area contributed by atoms with Gasteiger partial charge in [0, 0.05) is 17.1 Å². The zero-order valence-electron chi connectivity index (χ0n) is 10.5. The quantitative estimate of drug-likeness (QED) is 0.844. The minimum absolute atomic E-state index is 0.259. The molecule has 18 heavy (non-hydrogen) atoms. The number of carbonyl (C=O) groups is 1. The van der Waals surface area contributed by atoms with Gasteiger partial charge in [-0.05, 0) is 37.1 Å². The van der Waals surface area contributed by atoms with Gasteiger partial charge in [0.15, 0.2) is 0 Å². The summed E-state index contributed by atoms with van der Waals surface area (Å²) in [7, 11) is 0. The van der Waals surface area contributed by atoms with Gasteiger partial charge in [-0.3, -0.25) is 4.79 Å². The summed E-state index contributed by atoms with van der Waals surface area (Å²) in [6.45, 7) is 4.05. The first kappa shape index (κ1) is 12.6. The van der Waals surface area contributed by atoms with Crippen LogP contribution in [0.2, 0.25) is 0 Å². The highest BCUT2D eigenvalue weighted by molar-refractivity contribution is 5.89. The van der Waals surface area contributed by atoms with Crippen LogP contribution >= 0.6 is 0 Å². The fourth-order valence-corrected chi connectivity index (χ4v) is 2.16. The Balaban J connectivity index is 2.45. The minimum Gasteiger partial charge on any atom is -0.466 e. The normalized spacial score (nSPS) is 12.6. The Morgan fingerprint density at radius 2 is 2.22 bits per heavy atom. The average Bonchev–Trinajstić information content (AvgIpc) is 2.74. The number of esters is 1. The van der Waals surface area contributed by atoms with E-state index in [2.05, 4.69) is 4.98 Å². The van der Waals surface area contributed by atoms with Crippen LogP contribution in [-0.4, -0.2) is 17.6 Å². The molecule has 1 aromatic heterocycles. The summed E-state index contributed by atoms with van der Waals surface area (Å²) < 4.78 is 18.3. The van der Waals surface area contributed by atoms with Crippen molar-refractivity contribution in [1.29, 1.82) is 0 Å². The molecule has 0 spiro atoms. The summed E-state index contributed by atoms with van der Waals surface area (Å²) in [6.07, 6.45) is 2.39. The van der Waals surface area contributed by atoms with E-state index in [0.29, 0.717) is 13.0 Å². The van der Waals surface area contributed by atoms with Gasteiger partial charge in [0.25, 0.3) is 0 Å². The van der Waals surface area contributed by atoms with Gasteiger partial charge in [0.1, 0.15) is 5.82 Å². The molecule has 1 aromatic carbocycles. The van der Waals surface area contributed by atoms with Gasteiger partial charge in [-0.2, -0.15) is 0 Å². The maximum Gasteiger partial charge on any atom is 0.313 e. The molecule has 0 saturated carbocycles. The van der Waals surface area contributed by atoms with Crippen LogP contribution in [0.4, 0.5) is 4.39 Å². The first-order valence-corrected chi connectivity index (χ1v) is 6.10. The van der Waals surface area contributed by atoms with E-state index in [0.717, 1.165) is 16.5 Å². The van der Waals surface area contributed by atoms with E-state index in [-0.39, 0.29) is 17.7 Å². The molecule has 0 aliphatic carbocycles. The third-order valence-corrected chi connectivity index (χ3v) is 3.03. The zero-order chi connectivity index (χ0) is 13.1. The number of ether oxygens (including phenoxy) is 1. The summed E-state index contributed by atoms with van der Waals surface area (Å²) in [6, 6.07) is 4.52. The second-order valence-corrected chi connectivity index (χ2v) is 4.15. The van der Waals surface area contributed by atoms with Crippen molar-refractivity contribution in [2.75, 3.05) is 6.61 Å². The van der Waals surface area contributed by atoms with Crippen molar-refractivity contribution in [3.05, 3.63) is 35.8 Å². The first-order chi connectivity index (χ1) is 8.67. The Labute approximate surface area is 105 Å². The number of hydrogen-bond donors (Lipinski definition) is 1. The lowest BCUT2D eigenvalue weighted by Gasteiger charge is -2.12. The van der Waals surface area contributed by atoms with Crippen LogP contribution < -0.4 is 0 Å². The zero-order valence-corrected chi connectivity index (χ0v) is 10.5. The molecule has 0 amide bonds. The topological polar surface area (TPSA) is 42.1 Å². The van der Waals surface area contributed by atoms with Crippen molar-refractivity contribution < 1.29 is 13.9 Å². The van der Waals surface area contributed by atoms with Crippen molar-refractivity contribution >= 4 is 16.9 Å². The smallest absolute Gasteiger partial charge is 0.313 e. The van der Waals surface area contributed by atoms with E-state index in [9.17, 15) is 9.18 Å². The predicted molar refractivity (Wildman–Crippen MR) is 67.9 cm³/mol. The van der Waals surface area contributed by atoms with Gasteiger partial charge in [0.05, 0.1) is 12.5 Å². The molecular weight excluding hydrogens is 233 g/mol. The Bertz CT molecular complexity index is 562. The van der Waals surface area contributed by atoms with E-state index in [1.165, 1.54) is 12.1 Å². The first-order valence-electron chi connectivity index (χ1n) is 6.10. The number of aromatic nitrogens is 1. The number of H-pyrrole nitrogens is 1. The molecule has 1 unspecified atom stereocenters. The van der Waals surface area contributed by atoms with Gasteiger partial charge in [0.2, 0.25) is 0 Å². The second kappa shape index (κ2) is 5.21. The number of hydrogen-bond acceptors (Lipinski definition) is 2. The maximum absolute atomic E-state index is 13.3. The van der Waals surface area contributed by atoms with Gasteiger partial charge >= 0.3 is 5.97 Å². The lowest BCUT2D eigenvalue weighted by atomic mass is 9.96. The molecular formula is C14H16FNO2. The third-order valence-electron chi connectivity index (χ3n) is 3.03. The molecule has 4 heteroatoms. The number of rotatable bonds is 4. The van der Waals surface area contributed by atoms with Crippen molar-refractivity contribution in [1.82, 2.24) is 4.98 Å². The maximum atomic E-state index is 13.3. The summed E-state index contributed by atoms with van der Waals surface area (Å²) in [5, 5.41) is 0.745. The van der Waals surface area contributed by atoms with Crippen molar-refractivity contribution in [3.63, 3.8) is 0 Å². The molecule has 0 saturated heterocycles. The van der Waals surface area contributed by atoms with E-state index in [1.54, 1.807) is 19.2 Å². The highest BCUT2D eigenvalue weighted by Crippen LogP contribution is 2.29. The molecule has 2 aromatic rings. The van der Waals surface area contributed by atoms with Crippen LogP contribution in [0.1, 0.15) is 31.7 Å². The fraction of sp³-hybridized carbons (Fsp3) is 0.357. The van der Waals surface area contributed by atoms with Crippen LogP contribution in [-0.2, 0) is 9.53 Å². The van der Waals surface area contributed by atoms with E-state index < -0.39 is 0 Å². The molecule has 1 N–H and O–H groups in total. The number of nitrogens with one attached hydrogen (secondary N) is 1. The lowest BCUT2D eigenvalue weighted by Crippen LogP contribution is -2.15. The molecule has 96 valence electrons. The molecule has 2 rings (SSSR count). The number of benzene rings is 1. The van der Waals surface area contributed by atoms with Crippen molar-refractivity contribution in [2.24, 2.45) is 0 Å². The number of aromatic amines is 1. The fourth-order valence-electron chi connectivity index (χ4n) is 2.16. The van der Waals surface area contributed by atoms with Crippen LogP contribution in [0.5, 0.6) is 0 Å². The molecule has 0 aliphatic rings. The molecule has 0 fully saturated rings. The molecule has 3 nitrogen and oxygen atoms in total. The third kappa shape index (κ3) is 2.23. The number of halogens is 1. The van der Waals surface area contributed by atoms with E-state index in [1.807, 2.05) is 6.92 Å². The van der Waals surface area contributed by atoms with E-state index in [4.69, 9.17) is 4.74 Å². The predicted octanol–water partition coefficient (Wildman–Crippen LogP) is 3.36. The van der Waals surface area contributed by atoms with Gasteiger partial charge in [-0.1, -0.05) is 6.92 Å². The largest absolute Gasteiger partial charge is 0.466 e. The van der Waals surface area contributed by atoms with Crippen LogP contribution in [0.15, 0.2) is 24.4 Å². The van der Waals surface area contributed by atoms with Crippen molar-refractivity contribution in [2.45, 2.75) is 26.2 Å². The highest BCUT2D eigenvalue weighted by atomic mass is 19.1. The van der Waals surface area contributed by atoms with Crippen molar-refractivity contribution in [3.8, 4) is 0 Å². The summed E-state index contributed by atoms with van der Waals surface area (Å²) in [5.74, 6) is -0.910. The average molecular weight is 249 g/mol. The molecule has 0 bridgehead atoms. The number of carbonyl (C=O) groups excluding carboxylic acids is 1. The van der Waals surface area contributed by atoms with Gasteiger partial charge in [-0.25, -0.2) is 4.39 Å². The van der Waals surface area contributed by atoms with Gasteiger partial charge < -0.3 is 9.72 Å². The summed E-state index contributed by atoms with van der Waals surface area (Å²) in [5.41, 5.74) is 1.62. The van der Waals surface area contributed by atoms with Crippen LogP contribution in [0.3, 0.4) is 0 Å². The molecule has 1 atom stereocenters. The summed E-state index contributed by atoms with van der Waals surface area (Å²) >= 11 is 0. The minimum atomic E-state index is -0.347. The monoisotopic (exact) mass is 249 g/mol. The SMILES string of the molecule is CCOC(=O)C(CC)c1c[nH]c2ccc(F)cc12. The van der Waals surface area contributed by atoms with E-state index >= 15 is 0 Å². The second-order valence-electron chi connectivity index (χ2n) is 4.15. The highest BCUT2D eigenvalue weighted by Gasteiger charge is 2.23. The Kier molecular flexibility index (Phi) is 3.65. The molecule has 0 aliphatic heterocycles. The summed E-state index contributed by atoms with van der Waals surface area (Å²) in [4.78, 5) is 14.9. The van der Waals surface area contributed by atoms with Crippen LogP contribution in [0.25, 0.3) is 10.9 Å². The molecule has 1 heterocycles. The Hall–Kier alpha value is -1.84. The number of fused-ring (bicyclic) bond motifs is 1. The lowest BCUT2D eigenvalue weighted by molar-refractivity contribution is -0.145. The Morgan fingerprint density at radius 3 is 2.89 bits per heavy atom. The molecule has 0 radical (unpaired) electrons. The standard InChI is InChI=1S/C14H16FNO2/c1-3-10(14(17)18-4-2)12-8-16-13-6-5-9(15)7-11(12)13/h5-8,10,16H,3-4H2,1-2H3. The van der Waals surface area contributed by atoms with Gasteiger partial charge in [-0.15, -0.1) is 0 Å².